The van der Waals surface area contributed by atoms with Gasteiger partial charge >= 0.3 is 183 Å². The molecule has 0 radical (unpaired) electrons. The molecule has 0 aromatic heterocycles. The van der Waals surface area contributed by atoms with Crippen LogP contribution in [0.5, 0.6) is 0 Å². The van der Waals surface area contributed by atoms with E-state index < -0.39 is 18.4 Å². The van der Waals surface area contributed by atoms with Crippen LogP contribution in [0.4, 0.5) is 0 Å². The Morgan fingerprint density at radius 2 is 1.36 bits per heavy atom. The Labute approximate surface area is 182 Å². The number of hydrogen-bond donors (Lipinski definition) is 0. The second kappa shape index (κ2) is 14.5. The summed E-state index contributed by atoms with van der Waals surface area (Å²) in [5.74, 6) is 0. The molecule has 0 aliphatic heterocycles. The van der Waals surface area contributed by atoms with Crippen LogP contribution in [0.3, 0.4) is 0 Å². The van der Waals surface area contributed by atoms with Gasteiger partial charge in [0.2, 0.25) is 0 Å². The average molecular weight is 497 g/mol. The van der Waals surface area contributed by atoms with E-state index in [0.29, 0.717) is 6.98 Å². The molecule has 1 aliphatic carbocycles. The summed E-state index contributed by atoms with van der Waals surface area (Å²) in [7, 11) is 8.92. The van der Waals surface area contributed by atoms with Crippen molar-refractivity contribution in [2.75, 3.05) is 28.2 Å². The summed E-state index contributed by atoms with van der Waals surface area (Å²) in [5.41, 5.74) is 1.92. The van der Waals surface area contributed by atoms with Crippen LogP contribution in [0.1, 0.15) is 85.0 Å². The quantitative estimate of drug-likeness (QED) is 0.183. The standard InChI is InChI=1S/C12H24BN2.3C4H9.Sn/c1-14(2)13(15(3)4)11-10-12-8-6-5-7-9-12;3*1-3-4-2;/h8,10H,5-7,9,11H2,1-4H3;3*1,3-4H2,2H3;. The van der Waals surface area contributed by atoms with Crippen LogP contribution in [-0.4, -0.2) is 63.2 Å². The monoisotopic (exact) mass is 498 g/mol. The fraction of sp³-hybridized carbons (Fsp3) is 0.917. The third kappa shape index (κ3) is 8.34. The molecular weight excluding hydrogens is 446 g/mol. The van der Waals surface area contributed by atoms with Crippen LogP contribution in [0.2, 0.25) is 23.6 Å². The van der Waals surface area contributed by atoms with Crippen molar-refractivity contribution in [3.8, 4) is 0 Å². The molecule has 0 aromatic carbocycles. The van der Waals surface area contributed by atoms with E-state index in [2.05, 4.69) is 64.7 Å². The van der Waals surface area contributed by atoms with Crippen molar-refractivity contribution in [2.45, 2.75) is 109 Å². The Hall–Kier alpha value is 0.524. The Bertz CT molecular complexity index is 407. The molecule has 1 unspecified atom stereocenters. The van der Waals surface area contributed by atoms with Crippen LogP contribution in [0, 0.1) is 0 Å². The van der Waals surface area contributed by atoms with Gasteiger partial charge in [-0.15, -0.1) is 0 Å². The average Bonchev–Trinajstić information content (AvgIpc) is 2.68. The van der Waals surface area contributed by atoms with Gasteiger partial charge in [0, 0.05) is 0 Å². The summed E-state index contributed by atoms with van der Waals surface area (Å²) in [6.07, 6.45) is 18.5. The Kier molecular flexibility index (Phi) is 13.8. The van der Waals surface area contributed by atoms with E-state index in [1.54, 1.807) is 13.3 Å². The Morgan fingerprint density at radius 1 is 0.857 bits per heavy atom. The van der Waals surface area contributed by atoms with Crippen molar-refractivity contribution in [1.82, 2.24) is 9.62 Å². The second-order valence-corrected chi connectivity index (χ2v) is 23.9. The van der Waals surface area contributed by atoms with Crippen molar-refractivity contribution in [1.29, 1.82) is 0 Å². The molecule has 164 valence electrons. The summed E-state index contributed by atoms with van der Waals surface area (Å²) >= 11 is -2.17. The molecule has 1 atom stereocenters. The minimum atomic E-state index is -2.17. The first-order valence-electron chi connectivity index (χ1n) is 12.4. The zero-order valence-electron chi connectivity index (χ0n) is 20.5. The van der Waals surface area contributed by atoms with E-state index in [4.69, 9.17) is 0 Å². The summed E-state index contributed by atoms with van der Waals surface area (Å²) in [6.45, 7) is 7.76. The number of unbranched alkanes of at least 4 members (excludes halogenated alkanes) is 3. The molecule has 1 rings (SSSR count). The fourth-order valence-electron chi connectivity index (χ4n) is 5.61. The molecule has 4 heteroatoms. The normalized spacial score (nSPS) is 19.8. The number of rotatable bonds is 14. The third-order valence-electron chi connectivity index (χ3n) is 7.26. The molecule has 1 saturated carbocycles. The molecule has 28 heavy (non-hydrogen) atoms. The summed E-state index contributed by atoms with van der Waals surface area (Å²) in [4.78, 5) is 4.77. The van der Waals surface area contributed by atoms with Crippen LogP contribution in [0.25, 0.3) is 0 Å². The van der Waals surface area contributed by atoms with Crippen LogP contribution < -0.4 is 0 Å². The molecule has 0 bridgehead atoms. The van der Waals surface area contributed by atoms with Crippen LogP contribution in [0.15, 0.2) is 11.6 Å². The van der Waals surface area contributed by atoms with E-state index in [1.165, 1.54) is 70.5 Å². The predicted octanol–water partition coefficient (Wildman–Crippen LogP) is 7.32. The zero-order valence-corrected chi connectivity index (χ0v) is 23.4. The summed E-state index contributed by atoms with van der Waals surface area (Å²) < 4.78 is 6.05. The van der Waals surface area contributed by atoms with E-state index in [-0.39, 0.29) is 0 Å². The van der Waals surface area contributed by atoms with E-state index in [0.717, 1.165) is 3.93 Å². The van der Waals surface area contributed by atoms with Gasteiger partial charge in [0.25, 0.3) is 0 Å². The predicted molar refractivity (Wildman–Crippen MR) is 133 cm³/mol. The van der Waals surface area contributed by atoms with Gasteiger partial charge in [0.15, 0.2) is 0 Å². The first-order chi connectivity index (χ1) is 13.4. The van der Waals surface area contributed by atoms with Crippen molar-refractivity contribution >= 4 is 25.4 Å². The first-order valence-corrected chi connectivity index (χ1v) is 20.1. The van der Waals surface area contributed by atoms with Crippen LogP contribution in [-0.2, 0) is 0 Å². The summed E-state index contributed by atoms with van der Waals surface area (Å²) in [6, 6.07) is 0. The van der Waals surface area contributed by atoms with E-state index in [9.17, 15) is 0 Å². The topological polar surface area (TPSA) is 6.48 Å². The van der Waals surface area contributed by atoms with E-state index in [1.807, 2.05) is 5.57 Å². The molecule has 1 aliphatic rings. The number of hydrogen-bond acceptors (Lipinski definition) is 2. The molecule has 0 heterocycles. The van der Waals surface area contributed by atoms with Gasteiger partial charge in [0.1, 0.15) is 0 Å². The molecule has 0 aromatic rings. The first kappa shape index (κ1) is 26.6. The van der Waals surface area contributed by atoms with Gasteiger partial charge in [-0.1, -0.05) is 0 Å². The van der Waals surface area contributed by atoms with Gasteiger partial charge < -0.3 is 0 Å². The maximum absolute atomic E-state index is 2.73. The zero-order chi connectivity index (χ0) is 21.0. The van der Waals surface area contributed by atoms with Crippen molar-refractivity contribution in [3.63, 3.8) is 0 Å². The molecule has 1 fully saturated rings. The molecule has 0 spiro atoms. The third-order valence-corrected chi connectivity index (χ3v) is 24.9. The van der Waals surface area contributed by atoms with Gasteiger partial charge in [-0.3, -0.25) is 0 Å². The number of allylic oxidation sites excluding steroid dienone is 2. The molecule has 0 saturated heterocycles. The van der Waals surface area contributed by atoms with Crippen molar-refractivity contribution in [2.24, 2.45) is 0 Å². The van der Waals surface area contributed by atoms with Crippen molar-refractivity contribution in [3.05, 3.63) is 11.6 Å². The Morgan fingerprint density at radius 3 is 1.79 bits per heavy atom. The second-order valence-electron chi connectivity index (χ2n) is 9.89. The molecule has 2 nitrogen and oxygen atoms in total. The van der Waals surface area contributed by atoms with Gasteiger partial charge in [0.05, 0.1) is 0 Å². The minimum absolute atomic E-state index is 0.529. The molecule has 0 N–H and O–H groups in total. The molecular formula is C24H51BN2Sn. The van der Waals surface area contributed by atoms with Gasteiger partial charge in [-0.05, 0) is 0 Å². The Balaban J connectivity index is 3.14. The SMILES string of the molecule is CCC[CH2][Sn]([CH2]CCC)([CH2]CCC)[CH]1CCCCC1=CCB(N(C)C)N(C)C. The van der Waals surface area contributed by atoms with Gasteiger partial charge in [-0.25, -0.2) is 0 Å². The van der Waals surface area contributed by atoms with Crippen LogP contribution >= 0.6 is 0 Å². The maximum atomic E-state index is 2.73. The fourth-order valence-corrected chi connectivity index (χ4v) is 25.1. The molecule has 0 amide bonds. The van der Waals surface area contributed by atoms with E-state index >= 15 is 0 Å². The van der Waals surface area contributed by atoms with Crippen molar-refractivity contribution < 1.29 is 0 Å². The summed E-state index contributed by atoms with van der Waals surface area (Å²) in [5, 5.41) is 0. The number of nitrogens with zero attached hydrogens (tertiary/aromatic N) is 2. The van der Waals surface area contributed by atoms with Gasteiger partial charge in [-0.2, -0.15) is 0 Å².